The third kappa shape index (κ3) is 5.79. The number of nitrogens with two attached hydrogens (primary N) is 1. The van der Waals surface area contributed by atoms with E-state index in [1.807, 2.05) is 90.7 Å². The van der Waals surface area contributed by atoms with Crippen LogP contribution in [-0.4, -0.2) is 48.0 Å². The molecule has 1 spiro atoms. The molecule has 4 N–H and O–H groups in total. The highest BCUT2D eigenvalue weighted by Gasteiger charge is 2.45. The fraction of sp³-hybridized carbons (Fsp3) is 0.265. The highest BCUT2D eigenvalue weighted by molar-refractivity contribution is 6.06. The van der Waals surface area contributed by atoms with Crippen LogP contribution in [0.2, 0.25) is 0 Å². The van der Waals surface area contributed by atoms with E-state index in [9.17, 15) is 9.59 Å². The largest absolute Gasteiger partial charge is 0.397 e. The number of urea groups is 1. The first kappa shape index (κ1) is 27.3. The van der Waals surface area contributed by atoms with Crippen molar-refractivity contribution in [2.45, 2.75) is 25.8 Å². The number of amides is 3. The van der Waals surface area contributed by atoms with Crippen molar-refractivity contribution in [3.63, 3.8) is 0 Å². The average molecular weight is 561 g/mol. The first-order valence-electron chi connectivity index (χ1n) is 14.5. The highest BCUT2D eigenvalue weighted by atomic mass is 16.2. The van der Waals surface area contributed by atoms with E-state index in [4.69, 9.17) is 5.73 Å². The minimum Gasteiger partial charge on any atom is -0.397 e. The van der Waals surface area contributed by atoms with Gasteiger partial charge in [-0.3, -0.25) is 4.79 Å². The molecule has 42 heavy (non-hydrogen) atoms. The quantitative estimate of drug-likeness (QED) is 0.253. The third-order valence-electron chi connectivity index (χ3n) is 8.55. The molecule has 0 saturated carbocycles. The standard InChI is InChI=1S/C34H36N6O2/c1-24(25-8-4-2-5-9-25)37-33(42)40-19-17-34(23-40)16-18-39(22-34)31-15-13-28(21-36-31)32(41)38-30-20-27(12-14-29(30)35)26-10-6-3-7-11-26/h2-15,20-21,24H,16-19,22-23,35H2,1H3,(H,37,42)(H,38,41)/t24-,34?/m1/s1. The van der Waals surface area contributed by atoms with Crippen LogP contribution in [0.3, 0.4) is 0 Å². The summed E-state index contributed by atoms with van der Waals surface area (Å²) in [4.78, 5) is 34.9. The van der Waals surface area contributed by atoms with Crippen molar-refractivity contribution in [1.82, 2.24) is 15.2 Å². The van der Waals surface area contributed by atoms with E-state index in [1.54, 1.807) is 18.3 Å². The van der Waals surface area contributed by atoms with E-state index in [0.717, 1.165) is 61.5 Å². The molecule has 0 radical (unpaired) electrons. The van der Waals surface area contributed by atoms with Gasteiger partial charge in [0, 0.05) is 37.8 Å². The van der Waals surface area contributed by atoms with Gasteiger partial charge in [0.1, 0.15) is 5.82 Å². The van der Waals surface area contributed by atoms with E-state index >= 15 is 0 Å². The van der Waals surface area contributed by atoms with E-state index in [-0.39, 0.29) is 23.4 Å². The van der Waals surface area contributed by atoms with Gasteiger partial charge in [-0.1, -0.05) is 66.7 Å². The van der Waals surface area contributed by atoms with Gasteiger partial charge in [-0.2, -0.15) is 0 Å². The number of aromatic nitrogens is 1. The number of anilines is 3. The van der Waals surface area contributed by atoms with Gasteiger partial charge in [0.05, 0.1) is 23.0 Å². The number of nitrogen functional groups attached to an aromatic ring is 1. The molecule has 2 saturated heterocycles. The Balaban J connectivity index is 1.05. The lowest BCUT2D eigenvalue weighted by Crippen LogP contribution is -2.41. The van der Waals surface area contributed by atoms with Crippen molar-refractivity contribution in [3.8, 4) is 11.1 Å². The molecule has 2 atom stereocenters. The molecule has 8 nitrogen and oxygen atoms in total. The summed E-state index contributed by atoms with van der Waals surface area (Å²) in [5.74, 6) is 0.584. The van der Waals surface area contributed by atoms with Crippen molar-refractivity contribution >= 4 is 29.1 Å². The number of nitrogens with zero attached hydrogens (tertiary/aromatic N) is 3. The van der Waals surface area contributed by atoms with E-state index in [2.05, 4.69) is 20.5 Å². The zero-order chi connectivity index (χ0) is 29.1. The Hall–Kier alpha value is -4.85. The second-order valence-electron chi connectivity index (χ2n) is 11.5. The molecule has 2 fully saturated rings. The number of hydrogen-bond acceptors (Lipinski definition) is 5. The highest BCUT2D eigenvalue weighted by Crippen LogP contribution is 2.41. The maximum atomic E-state index is 13.1. The van der Waals surface area contributed by atoms with Crippen LogP contribution in [0.5, 0.6) is 0 Å². The molecule has 1 unspecified atom stereocenters. The first-order chi connectivity index (χ1) is 20.4. The second-order valence-corrected chi connectivity index (χ2v) is 11.5. The van der Waals surface area contributed by atoms with Crippen molar-refractivity contribution < 1.29 is 9.59 Å². The summed E-state index contributed by atoms with van der Waals surface area (Å²) in [7, 11) is 0. The summed E-state index contributed by atoms with van der Waals surface area (Å²) in [5, 5.41) is 6.10. The lowest BCUT2D eigenvalue weighted by Gasteiger charge is -2.26. The lowest BCUT2D eigenvalue weighted by atomic mass is 9.86. The van der Waals surface area contributed by atoms with Gasteiger partial charge < -0.3 is 26.2 Å². The van der Waals surface area contributed by atoms with Crippen LogP contribution >= 0.6 is 0 Å². The number of rotatable bonds is 6. The molecule has 2 aliphatic heterocycles. The van der Waals surface area contributed by atoms with Crippen LogP contribution < -0.4 is 21.3 Å². The monoisotopic (exact) mass is 560 g/mol. The third-order valence-corrected chi connectivity index (χ3v) is 8.55. The van der Waals surface area contributed by atoms with Crippen molar-refractivity contribution in [2.24, 2.45) is 5.41 Å². The number of hydrogen-bond donors (Lipinski definition) is 3. The predicted molar refractivity (Wildman–Crippen MR) is 167 cm³/mol. The van der Waals surface area contributed by atoms with Gasteiger partial charge in [0.15, 0.2) is 0 Å². The Bertz CT molecular complexity index is 1560. The van der Waals surface area contributed by atoms with Crippen molar-refractivity contribution in [3.05, 3.63) is 108 Å². The molecule has 8 heteroatoms. The van der Waals surface area contributed by atoms with Gasteiger partial charge in [-0.25, -0.2) is 9.78 Å². The lowest BCUT2D eigenvalue weighted by molar-refractivity contribution is 0.102. The number of likely N-dealkylation sites (tertiary alicyclic amines) is 1. The van der Waals surface area contributed by atoms with Crippen LogP contribution in [0.25, 0.3) is 11.1 Å². The SMILES string of the molecule is C[C@@H](NC(=O)N1CCC2(CCN(c3ccc(C(=O)Nc4cc(-c5ccccc5)ccc4N)cn3)C2)C1)c1ccccc1. The minimum atomic E-state index is -0.258. The summed E-state index contributed by atoms with van der Waals surface area (Å²) in [6, 6.07) is 29.3. The van der Waals surface area contributed by atoms with E-state index in [0.29, 0.717) is 16.9 Å². The van der Waals surface area contributed by atoms with Gasteiger partial charge >= 0.3 is 6.03 Å². The maximum absolute atomic E-state index is 13.1. The predicted octanol–water partition coefficient (Wildman–Crippen LogP) is 5.96. The van der Waals surface area contributed by atoms with Crippen LogP contribution in [0.1, 0.15) is 41.7 Å². The molecule has 0 bridgehead atoms. The number of carbonyl (C=O) groups is 2. The molecule has 1 aromatic heterocycles. The molecule has 3 heterocycles. The minimum absolute atomic E-state index is 0.00916. The Labute approximate surface area is 246 Å². The number of pyridine rings is 1. The van der Waals surface area contributed by atoms with Gasteiger partial charge in [-0.15, -0.1) is 0 Å². The van der Waals surface area contributed by atoms with Crippen LogP contribution in [0, 0.1) is 5.41 Å². The molecular weight excluding hydrogens is 524 g/mol. The van der Waals surface area contributed by atoms with Gasteiger partial charge in [0.25, 0.3) is 5.91 Å². The molecule has 214 valence electrons. The van der Waals surface area contributed by atoms with Crippen LogP contribution in [-0.2, 0) is 0 Å². The summed E-state index contributed by atoms with van der Waals surface area (Å²) in [6.07, 6.45) is 3.60. The zero-order valence-electron chi connectivity index (χ0n) is 23.8. The molecule has 4 aromatic rings. The molecule has 6 rings (SSSR count). The zero-order valence-corrected chi connectivity index (χ0v) is 23.8. The number of carbonyl (C=O) groups excluding carboxylic acids is 2. The summed E-state index contributed by atoms with van der Waals surface area (Å²) >= 11 is 0. The van der Waals surface area contributed by atoms with Crippen molar-refractivity contribution in [2.75, 3.05) is 42.1 Å². The maximum Gasteiger partial charge on any atom is 0.317 e. The first-order valence-corrected chi connectivity index (χ1v) is 14.5. The topological polar surface area (TPSA) is 104 Å². The Morgan fingerprint density at radius 1 is 0.881 bits per heavy atom. The molecular formula is C34H36N6O2. The Morgan fingerprint density at radius 2 is 1.62 bits per heavy atom. The fourth-order valence-electron chi connectivity index (χ4n) is 6.05. The van der Waals surface area contributed by atoms with E-state index < -0.39 is 0 Å². The Kier molecular flexibility index (Phi) is 7.52. The van der Waals surface area contributed by atoms with Gasteiger partial charge in [-0.05, 0) is 60.7 Å². The van der Waals surface area contributed by atoms with E-state index in [1.165, 1.54) is 0 Å². The van der Waals surface area contributed by atoms with Crippen LogP contribution in [0.4, 0.5) is 22.0 Å². The average Bonchev–Trinajstić information content (AvgIpc) is 3.65. The summed E-state index contributed by atoms with van der Waals surface area (Å²) in [6.45, 7) is 5.22. The fourth-order valence-corrected chi connectivity index (χ4v) is 6.05. The summed E-state index contributed by atoms with van der Waals surface area (Å²) < 4.78 is 0. The van der Waals surface area contributed by atoms with Crippen molar-refractivity contribution in [1.29, 1.82) is 0 Å². The smallest absolute Gasteiger partial charge is 0.317 e. The molecule has 0 aliphatic carbocycles. The number of nitrogens with one attached hydrogen (secondary N) is 2. The summed E-state index contributed by atoms with van der Waals surface area (Å²) in [5.41, 5.74) is 10.9. The molecule has 3 amide bonds. The van der Waals surface area contributed by atoms with Gasteiger partial charge in [0.2, 0.25) is 0 Å². The normalized spacial score (nSPS) is 18.7. The molecule has 3 aromatic carbocycles. The second kappa shape index (κ2) is 11.6. The Morgan fingerprint density at radius 3 is 2.36 bits per heavy atom. The number of benzene rings is 3. The van der Waals surface area contributed by atoms with Crippen LogP contribution in [0.15, 0.2) is 97.2 Å². The molecule has 2 aliphatic rings.